The number of carbonyl (C=O) groups is 2. The van der Waals surface area contributed by atoms with Gasteiger partial charge in [-0.25, -0.2) is 14.2 Å². The normalized spacial score (nSPS) is 18.7. The van der Waals surface area contributed by atoms with Gasteiger partial charge in [-0.05, 0) is 39.3 Å². The number of carbonyl (C=O) groups excluding carboxylic acids is 2. The number of benzene rings is 1. The lowest BCUT2D eigenvalue weighted by atomic mass is 10.1. The van der Waals surface area contributed by atoms with Crippen LogP contribution in [0.1, 0.15) is 43.4 Å². The molecule has 2 aromatic rings. The predicted octanol–water partition coefficient (Wildman–Crippen LogP) is 3.29. The first-order valence-corrected chi connectivity index (χ1v) is 9.53. The van der Waals surface area contributed by atoms with E-state index in [1.807, 2.05) is 6.07 Å². The molecule has 1 aliphatic rings. The average Bonchev–Trinajstić information content (AvgIpc) is 3.34. The Labute approximate surface area is 173 Å². The second kappa shape index (κ2) is 8.53. The van der Waals surface area contributed by atoms with Crippen LogP contribution < -0.4 is 5.32 Å². The molecule has 3 rings (SSSR count). The summed E-state index contributed by atoms with van der Waals surface area (Å²) in [7, 11) is 0. The standard InChI is InChI=1S/C21H23FN4O4/c1-21(2,3)30-20(28)26-12-15(8-16(26)9-22)25-18(27)19-24-11-17(29-19)14-6-4-5-13(7-14)10-23/h4-7,11,15-16H,8-9,12H2,1-3H3,(H,25,27)/t15-,16+/m1/s1. The second-order valence-corrected chi connectivity index (χ2v) is 8.07. The molecule has 0 unspecified atom stereocenters. The van der Waals surface area contributed by atoms with Crippen molar-refractivity contribution in [3.8, 4) is 17.4 Å². The number of aromatic nitrogens is 1. The van der Waals surface area contributed by atoms with Crippen LogP contribution in [0.5, 0.6) is 0 Å². The lowest BCUT2D eigenvalue weighted by molar-refractivity contribution is 0.0204. The number of hydrogen-bond donors (Lipinski definition) is 1. The molecule has 2 atom stereocenters. The number of nitrogens with one attached hydrogen (secondary N) is 1. The van der Waals surface area contributed by atoms with Crippen LogP contribution in [0.25, 0.3) is 11.3 Å². The zero-order chi connectivity index (χ0) is 21.9. The number of halogens is 1. The maximum absolute atomic E-state index is 13.4. The molecule has 0 radical (unpaired) electrons. The SMILES string of the molecule is CC(C)(C)OC(=O)N1C[C@H](NC(=O)c2ncc(-c3cccc(C#N)c3)o2)C[C@H]1CF. The third-order valence-corrected chi connectivity index (χ3v) is 4.53. The summed E-state index contributed by atoms with van der Waals surface area (Å²) in [5.41, 5.74) is 0.381. The maximum atomic E-state index is 13.4. The molecule has 1 N–H and O–H groups in total. The summed E-state index contributed by atoms with van der Waals surface area (Å²) in [4.78, 5) is 30.1. The highest BCUT2D eigenvalue weighted by molar-refractivity contribution is 5.90. The van der Waals surface area contributed by atoms with Gasteiger partial charge in [-0.3, -0.25) is 4.79 Å². The monoisotopic (exact) mass is 414 g/mol. The number of alkyl halides is 1. The van der Waals surface area contributed by atoms with Crippen LogP contribution in [0.4, 0.5) is 9.18 Å². The summed E-state index contributed by atoms with van der Waals surface area (Å²) < 4.78 is 24.3. The first-order chi connectivity index (χ1) is 14.2. The fraction of sp³-hybridized carbons (Fsp3) is 0.429. The second-order valence-electron chi connectivity index (χ2n) is 8.07. The van der Waals surface area contributed by atoms with E-state index in [0.717, 1.165) is 0 Å². The summed E-state index contributed by atoms with van der Waals surface area (Å²) in [5.74, 6) is -0.369. The molecule has 158 valence electrons. The lowest BCUT2D eigenvalue weighted by Gasteiger charge is -2.27. The van der Waals surface area contributed by atoms with Crippen LogP contribution in [0.2, 0.25) is 0 Å². The van der Waals surface area contributed by atoms with Gasteiger partial charge in [-0.15, -0.1) is 0 Å². The fourth-order valence-corrected chi connectivity index (χ4v) is 3.21. The molecule has 1 aromatic carbocycles. The molecule has 9 heteroatoms. The Kier molecular flexibility index (Phi) is 6.06. The van der Waals surface area contributed by atoms with Gasteiger partial charge >= 0.3 is 12.0 Å². The number of ether oxygens (including phenoxy) is 1. The largest absolute Gasteiger partial charge is 0.444 e. The van der Waals surface area contributed by atoms with Crippen molar-refractivity contribution in [3.05, 3.63) is 41.9 Å². The number of rotatable bonds is 4. The minimum absolute atomic E-state index is 0.132. The third kappa shape index (κ3) is 4.95. The summed E-state index contributed by atoms with van der Waals surface area (Å²) in [6.45, 7) is 4.60. The number of amides is 2. The molecule has 0 bridgehead atoms. The van der Waals surface area contributed by atoms with Crippen molar-refractivity contribution < 1.29 is 23.1 Å². The quantitative estimate of drug-likeness (QED) is 0.822. The van der Waals surface area contributed by atoms with E-state index in [2.05, 4.69) is 10.3 Å². The minimum atomic E-state index is -0.732. The van der Waals surface area contributed by atoms with Crippen molar-refractivity contribution in [3.63, 3.8) is 0 Å². The Bertz CT molecular complexity index is 976. The van der Waals surface area contributed by atoms with Crippen LogP contribution in [0, 0.1) is 11.3 Å². The Morgan fingerprint density at radius 1 is 1.43 bits per heavy atom. The first kappa shape index (κ1) is 21.3. The van der Waals surface area contributed by atoms with Crippen LogP contribution in [-0.2, 0) is 4.74 Å². The van der Waals surface area contributed by atoms with E-state index in [-0.39, 0.29) is 18.9 Å². The molecule has 2 heterocycles. The number of hydrogen-bond acceptors (Lipinski definition) is 6. The molecule has 0 aliphatic carbocycles. The van der Waals surface area contributed by atoms with Crippen LogP contribution in [0.15, 0.2) is 34.9 Å². The van der Waals surface area contributed by atoms with E-state index in [1.165, 1.54) is 11.1 Å². The van der Waals surface area contributed by atoms with Gasteiger partial charge < -0.3 is 19.4 Å². The highest BCUT2D eigenvalue weighted by atomic mass is 19.1. The van der Waals surface area contributed by atoms with Gasteiger partial charge in [0.15, 0.2) is 5.76 Å². The summed E-state index contributed by atoms with van der Waals surface area (Å²) in [6.07, 6.45) is 1.05. The first-order valence-electron chi connectivity index (χ1n) is 9.53. The average molecular weight is 414 g/mol. The third-order valence-electron chi connectivity index (χ3n) is 4.53. The number of likely N-dealkylation sites (tertiary alicyclic amines) is 1. The van der Waals surface area contributed by atoms with Crippen molar-refractivity contribution in [1.29, 1.82) is 5.26 Å². The van der Waals surface area contributed by atoms with Gasteiger partial charge in [0.25, 0.3) is 5.89 Å². The maximum Gasteiger partial charge on any atom is 0.410 e. The molecule has 8 nitrogen and oxygen atoms in total. The van der Waals surface area contributed by atoms with Crippen LogP contribution in [-0.4, -0.2) is 52.8 Å². The van der Waals surface area contributed by atoms with E-state index in [4.69, 9.17) is 14.4 Å². The Balaban J connectivity index is 1.66. The van der Waals surface area contributed by atoms with Crippen molar-refractivity contribution in [2.75, 3.05) is 13.2 Å². The minimum Gasteiger partial charge on any atom is -0.444 e. The number of oxazole rings is 1. The van der Waals surface area contributed by atoms with Gasteiger partial charge in [0, 0.05) is 18.2 Å². The molecule has 30 heavy (non-hydrogen) atoms. The molecule has 1 saturated heterocycles. The number of nitriles is 1. The predicted molar refractivity (Wildman–Crippen MR) is 105 cm³/mol. The highest BCUT2D eigenvalue weighted by Gasteiger charge is 2.38. The van der Waals surface area contributed by atoms with E-state index in [0.29, 0.717) is 16.9 Å². The summed E-state index contributed by atoms with van der Waals surface area (Å²) in [5, 5.41) is 11.7. The topological polar surface area (TPSA) is 108 Å². The zero-order valence-electron chi connectivity index (χ0n) is 17.0. The molecular formula is C21H23FN4O4. The Hall–Kier alpha value is -3.41. The molecule has 1 aromatic heterocycles. The van der Waals surface area contributed by atoms with Gasteiger partial charge in [-0.2, -0.15) is 5.26 Å². The van der Waals surface area contributed by atoms with Crippen LogP contribution >= 0.6 is 0 Å². The fourth-order valence-electron chi connectivity index (χ4n) is 3.21. The molecule has 1 fully saturated rings. The Morgan fingerprint density at radius 2 is 2.20 bits per heavy atom. The molecular weight excluding hydrogens is 391 g/mol. The molecule has 0 saturated carbocycles. The molecule has 1 aliphatic heterocycles. The van der Waals surface area contributed by atoms with Gasteiger partial charge in [0.2, 0.25) is 0 Å². The van der Waals surface area contributed by atoms with Crippen molar-refractivity contribution in [2.45, 2.75) is 44.9 Å². The van der Waals surface area contributed by atoms with Gasteiger partial charge in [-0.1, -0.05) is 12.1 Å². The number of nitrogens with zero attached hydrogens (tertiary/aromatic N) is 3. The zero-order valence-corrected chi connectivity index (χ0v) is 17.0. The van der Waals surface area contributed by atoms with Gasteiger partial charge in [0.05, 0.1) is 23.9 Å². The summed E-state index contributed by atoms with van der Waals surface area (Å²) in [6, 6.07) is 7.65. The van der Waals surface area contributed by atoms with Crippen molar-refractivity contribution in [1.82, 2.24) is 15.2 Å². The van der Waals surface area contributed by atoms with Crippen molar-refractivity contribution >= 4 is 12.0 Å². The van der Waals surface area contributed by atoms with E-state index >= 15 is 0 Å². The smallest absolute Gasteiger partial charge is 0.410 e. The lowest BCUT2D eigenvalue weighted by Crippen LogP contribution is -2.42. The van der Waals surface area contributed by atoms with E-state index in [9.17, 15) is 14.0 Å². The summed E-state index contributed by atoms with van der Waals surface area (Å²) >= 11 is 0. The highest BCUT2D eigenvalue weighted by Crippen LogP contribution is 2.24. The van der Waals surface area contributed by atoms with Crippen LogP contribution in [0.3, 0.4) is 0 Å². The molecule has 0 spiro atoms. The van der Waals surface area contributed by atoms with E-state index < -0.39 is 36.4 Å². The van der Waals surface area contributed by atoms with E-state index in [1.54, 1.807) is 45.0 Å². The Morgan fingerprint density at radius 3 is 2.87 bits per heavy atom. The molecule has 2 amide bonds. The van der Waals surface area contributed by atoms with Crippen molar-refractivity contribution in [2.24, 2.45) is 0 Å². The van der Waals surface area contributed by atoms with Gasteiger partial charge in [0.1, 0.15) is 12.3 Å².